The zero-order valence-corrected chi connectivity index (χ0v) is 13.7. The van der Waals surface area contributed by atoms with Crippen LogP contribution in [0.25, 0.3) is 0 Å². The summed E-state index contributed by atoms with van der Waals surface area (Å²) in [5, 5.41) is 8.44. The minimum absolute atomic E-state index is 0.00592. The first-order valence-electron chi connectivity index (χ1n) is 8.02. The molecule has 0 aliphatic rings. The molecule has 0 saturated heterocycles. The van der Waals surface area contributed by atoms with Gasteiger partial charge in [0.15, 0.2) is 0 Å². The highest BCUT2D eigenvalue weighted by Crippen LogP contribution is 2.17. The normalized spacial score (nSPS) is 11.6. The minimum Gasteiger partial charge on any atom is -0.338 e. The first kappa shape index (κ1) is 18.0. The van der Waals surface area contributed by atoms with E-state index in [0.717, 1.165) is 25.7 Å². The largest absolute Gasteiger partial charge is 0.338 e. The Morgan fingerprint density at radius 3 is 2.41 bits per heavy atom. The molecule has 0 aromatic heterocycles. The fraction of sp³-hybridized carbons (Fsp3) is 0.529. The maximum Gasteiger partial charge on any atom is 0.319 e. The zero-order valence-electron chi connectivity index (χ0n) is 13.7. The lowest BCUT2D eigenvalue weighted by Gasteiger charge is -2.12. The fourth-order valence-corrected chi connectivity index (χ4v) is 2.06. The molecule has 0 aliphatic carbocycles. The Bertz CT molecular complexity index is 489. The van der Waals surface area contributed by atoms with Crippen LogP contribution in [0.3, 0.4) is 0 Å². The van der Waals surface area contributed by atoms with Gasteiger partial charge in [0.2, 0.25) is 5.91 Å². The van der Waals surface area contributed by atoms with Crippen molar-refractivity contribution in [2.24, 2.45) is 5.92 Å². The second-order valence-corrected chi connectivity index (χ2v) is 5.49. The Kier molecular flexibility index (Phi) is 8.04. The van der Waals surface area contributed by atoms with E-state index >= 15 is 0 Å². The lowest BCUT2D eigenvalue weighted by atomic mass is 10.1. The van der Waals surface area contributed by atoms with Gasteiger partial charge in [-0.05, 0) is 31.0 Å². The standard InChI is InChI=1S/C17H27N3O2/c1-4-6-11-18-17(22)20-15-10-7-9-14(12-15)19-16(21)13(3)8-5-2/h7,9-10,12-13H,4-6,8,11H2,1-3H3,(H,19,21)(H2,18,20,22). The Hall–Kier alpha value is -2.04. The van der Waals surface area contributed by atoms with E-state index in [1.54, 1.807) is 12.1 Å². The van der Waals surface area contributed by atoms with Crippen molar-refractivity contribution >= 4 is 23.3 Å². The monoisotopic (exact) mass is 305 g/mol. The van der Waals surface area contributed by atoms with Crippen molar-refractivity contribution in [3.63, 3.8) is 0 Å². The van der Waals surface area contributed by atoms with E-state index in [-0.39, 0.29) is 17.9 Å². The minimum atomic E-state index is -0.226. The smallest absolute Gasteiger partial charge is 0.319 e. The molecule has 0 spiro atoms. The molecule has 0 fully saturated rings. The van der Waals surface area contributed by atoms with E-state index in [2.05, 4.69) is 29.8 Å². The summed E-state index contributed by atoms with van der Waals surface area (Å²) < 4.78 is 0. The van der Waals surface area contributed by atoms with Crippen LogP contribution in [0.1, 0.15) is 46.5 Å². The van der Waals surface area contributed by atoms with E-state index in [9.17, 15) is 9.59 Å². The van der Waals surface area contributed by atoms with Gasteiger partial charge in [0.25, 0.3) is 0 Å². The van der Waals surface area contributed by atoms with Gasteiger partial charge in [-0.15, -0.1) is 0 Å². The van der Waals surface area contributed by atoms with Crippen molar-refractivity contribution < 1.29 is 9.59 Å². The van der Waals surface area contributed by atoms with Gasteiger partial charge in [0, 0.05) is 23.8 Å². The van der Waals surface area contributed by atoms with Gasteiger partial charge in [0.1, 0.15) is 0 Å². The molecule has 3 N–H and O–H groups in total. The molecule has 0 bridgehead atoms. The summed E-state index contributed by atoms with van der Waals surface area (Å²) in [7, 11) is 0. The lowest BCUT2D eigenvalue weighted by Crippen LogP contribution is -2.29. The van der Waals surface area contributed by atoms with Crippen LogP contribution in [-0.2, 0) is 4.79 Å². The Morgan fingerprint density at radius 1 is 1.09 bits per heavy atom. The maximum atomic E-state index is 12.0. The second kappa shape index (κ2) is 9.82. The molecule has 1 atom stereocenters. The third-order valence-electron chi connectivity index (χ3n) is 3.37. The average Bonchev–Trinajstić information content (AvgIpc) is 2.48. The van der Waals surface area contributed by atoms with E-state index in [4.69, 9.17) is 0 Å². The molecule has 22 heavy (non-hydrogen) atoms. The van der Waals surface area contributed by atoms with Crippen molar-refractivity contribution in [1.29, 1.82) is 0 Å². The number of carbonyl (C=O) groups is 2. The van der Waals surface area contributed by atoms with Crippen LogP contribution in [0.2, 0.25) is 0 Å². The number of urea groups is 1. The number of nitrogens with one attached hydrogen (secondary N) is 3. The summed E-state index contributed by atoms with van der Waals surface area (Å²) in [4.78, 5) is 23.7. The maximum absolute atomic E-state index is 12.0. The molecular weight excluding hydrogens is 278 g/mol. The average molecular weight is 305 g/mol. The van der Waals surface area contributed by atoms with E-state index in [0.29, 0.717) is 17.9 Å². The Labute approximate surface area is 132 Å². The summed E-state index contributed by atoms with van der Waals surface area (Å²) in [6, 6.07) is 6.95. The lowest BCUT2D eigenvalue weighted by molar-refractivity contribution is -0.119. The van der Waals surface area contributed by atoms with Gasteiger partial charge in [-0.25, -0.2) is 4.79 Å². The van der Waals surface area contributed by atoms with Gasteiger partial charge >= 0.3 is 6.03 Å². The molecule has 3 amide bonds. The van der Waals surface area contributed by atoms with E-state index in [1.807, 2.05) is 19.1 Å². The molecule has 1 unspecified atom stereocenters. The first-order valence-corrected chi connectivity index (χ1v) is 8.02. The highest BCUT2D eigenvalue weighted by Gasteiger charge is 2.12. The molecule has 5 heteroatoms. The van der Waals surface area contributed by atoms with Gasteiger partial charge in [-0.2, -0.15) is 0 Å². The number of anilines is 2. The third kappa shape index (κ3) is 6.61. The first-order chi connectivity index (χ1) is 10.6. The second-order valence-electron chi connectivity index (χ2n) is 5.49. The summed E-state index contributed by atoms with van der Waals surface area (Å²) in [5.74, 6) is -0.00893. The number of hydrogen-bond acceptors (Lipinski definition) is 2. The molecule has 1 aromatic carbocycles. The van der Waals surface area contributed by atoms with Crippen LogP contribution in [0.4, 0.5) is 16.2 Å². The molecule has 0 radical (unpaired) electrons. The van der Waals surface area contributed by atoms with Crippen molar-refractivity contribution in [1.82, 2.24) is 5.32 Å². The zero-order chi connectivity index (χ0) is 16.4. The number of carbonyl (C=O) groups excluding carboxylic acids is 2. The number of benzene rings is 1. The third-order valence-corrected chi connectivity index (χ3v) is 3.37. The van der Waals surface area contributed by atoms with Crippen LogP contribution in [-0.4, -0.2) is 18.5 Å². The number of hydrogen-bond donors (Lipinski definition) is 3. The highest BCUT2D eigenvalue weighted by atomic mass is 16.2. The van der Waals surface area contributed by atoms with Gasteiger partial charge < -0.3 is 16.0 Å². The van der Waals surface area contributed by atoms with Gasteiger partial charge in [-0.3, -0.25) is 4.79 Å². The quantitative estimate of drug-likeness (QED) is 0.636. The SMILES string of the molecule is CCCCNC(=O)Nc1cccc(NC(=O)C(C)CCC)c1. The van der Waals surface area contributed by atoms with Crippen LogP contribution >= 0.6 is 0 Å². The van der Waals surface area contributed by atoms with Crippen molar-refractivity contribution in [2.75, 3.05) is 17.2 Å². The molecule has 122 valence electrons. The molecule has 1 rings (SSSR count). The summed E-state index contributed by atoms with van der Waals surface area (Å²) >= 11 is 0. The van der Waals surface area contributed by atoms with Crippen molar-refractivity contribution in [3.05, 3.63) is 24.3 Å². The number of unbranched alkanes of at least 4 members (excludes halogenated alkanes) is 1. The Morgan fingerprint density at radius 2 is 1.77 bits per heavy atom. The predicted octanol–water partition coefficient (Wildman–Crippen LogP) is 3.98. The molecule has 0 saturated carbocycles. The molecular formula is C17H27N3O2. The highest BCUT2D eigenvalue weighted by molar-refractivity contribution is 5.94. The summed E-state index contributed by atoms with van der Waals surface area (Å²) in [5.41, 5.74) is 1.36. The topological polar surface area (TPSA) is 70.2 Å². The summed E-state index contributed by atoms with van der Waals surface area (Å²) in [6.45, 7) is 6.71. The molecule has 5 nitrogen and oxygen atoms in total. The van der Waals surface area contributed by atoms with Crippen molar-refractivity contribution in [2.45, 2.75) is 46.5 Å². The Balaban J connectivity index is 2.55. The van der Waals surface area contributed by atoms with Crippen molar-refractivity contribution in [3.8, 4) is 0 Å². The van der Waals surface area contributed by atoms with E-state index in [1.165, 1.54) is 0 Å². The van der Waals surface area contributed by atoms with Crippen LogP contribution in [0.5, 0.6) is 0 Å². The number of rotatable bonds is 8. The van der Waals surface area contributed by atoms with Crippen LogP contribution in [0.15, 0.2) is 24.3 Å². The van der Waals surface area contributed by atoms with Gasteiger partial charge in [0.05, 0.1) is 0 Å². The van der Waals surface area contributed by atoms with Crippen LogP contribution < -0.4 is 16.0 Å². The fourth-order valence-electron chi connectivity index (χ4n) is 2.06. The van der Waals surface area contributed by atoms with Gasteiger partial charge in [-0.1, -0.05) is 39.7 Å². The molecule has 0 heterocycles. The molecule has 0 aliphatic heterocycles. The number of amides is 3. The van der Waals surface area contributed by atoms with Crippen LogP contribution in [0, 0.1) is 5.92 Å². The summed E-state index contributed by atoms with van der Waals surface area (Å²) in [6.07, 6.45) is 3.84. The molecule has 1 aromatic rings. The van der Waals surface area contributed by atoms with E-state index < -0.39 is 0 Å². The predicted molar refractivity (Wildman–Crippen MR) is 91.1 cm³/mol.